The summed E-state index contributed by atoms with van der Waals surface area (Å²) in [5, 5.41) is 3.88. The van der Waals surface area contributed by atoms with Gasteiger partial charge in [0.25, 0.3) is 5.91 Å². The fraction of sp³-hybridized carbons (Fsp3) is 0.400. The predicted molar refractivity (Wildman–Crippen MR) is 157 cm³/mol. The van der Waals surface area contributed by atoms with Gasteiger partial charge in [-0.1, -0.05) is 41.4 Å². The first-order valence-corrected chi connectivity index (χ1v) is 14.4. The molecule has 1 N–H and O–H groups in total. The fourth-order valence-electron chi connectivity index (χ4n) is 5.69. The molecule has 6 nitrogen and oxygen atoms in total. The highest BCUT2D eigenvalue weighted by molar-refractivity contribution is 6.33. The van der Waals surface area contributed by atoms with Crippen molar-refractivity contribution in [2.45, 2.75) is 44.9 Å². The topological polar surface area (TPSA) is 51.7 Å². The number of piperazine rings is 1. The quantitative estimate of drug-likeness (QED) is 0.365. The van der Waals surface area contributed by atoms with E-state index in [4.69, 9.17) is 23.2 Å². The number of halogens is 4. The summed E-state index contributed by atoms with van der Waals surface area (Å²) in [5.74, 6) is -1.59. The largest absolute Gasteiger partial charge is 0.353 e. The van der Waals surface area contributed by atoms with Crippen LogP contribution in [0.25, 0.3) is 0 Å². The second-order valence-corrected chi connectivity index (χ2v) is 11.5. The maximum absolute atomic E-state index is 13.4. The number of nitrogens with one attached hydrogen (secondary N) is 1. The lowest BCUT2D eigenvalue weighted by Crippen LogP contribution is -2.57. The summed E-state index contributed by atoms with van der Waals surface area (Å²) in [5.41, 5.74) is 2.07. The van der Waals surface area contributed by atoms with E-state index < -0.39 is 11.6 Å². The van der Waals surface area contributed by atoms with E-state index in [-0.39, 0.29) is 13.9 Å². The molecule has 2 aliphatic heterocycles. The van der Waals surface area contributed by atoms with Crippen molar-refractivity contribution in [2.24, 2.45) is 0 Å². The zero-order chi connectivity index (χ0) is 28.2. The van der Waals surface area contributed by atoms with E-state index in [1.807, 2.05) is 12.1 Å². The normalized spacial score (nSPS) is 19.1. The number of pyridine rings is 1. The van der Waals surface area contributed by atoms with Crippen LogP contribution in [0.2, 0.25) is 10.0 Å². The van der Waals surface area contributed by atoms with Gasteiger partial charge in [-0.2, -0.15) is 0 Å². The molecule has 0 spiro atoms. The Hall–Kier alpha value is -2.78. The van der Waals surface area contributed by atoms with Gasteiger partial charge in [0, 0.05) is 57.5 Å². The van der Waals surface area contributed by atoms with Crippen LogP contribution in [0.5, 0.6) is 0 Å². The molecule has 5 rings (SSSR count). The summed E-state index contributed by atoms with van der Waals surface area (Å²) in [7, 11) is 0. The van der Waals surface area contributed by atoms with Gasteiger partial charge in [0.05, 0.1) is 10.6 Å². The summed E-state index contributed by atoms with van der Waals surface area (Å²) < 4.78 is 26.6. The minimum absolute atomic E-state index is 0. The van der Waals surface area contributed by atoms with Gasteiger partial charge < -0.3 is 10.2 Å². The number of benzene rings is 2. The predicted octanol–water partition coefficient (Wildman–Crippen LogP) is 6.02. The molecule has 0 aliphatic carbocycles. The Morgan fingerprint density at radius 1 is 1.00 bits per heavy atom. The van der Waals surface area contributed by atoms with E-state index >= 15 is 0 Å². The maximum Gasteiger partial charge on any atom is 0.253 e. The number of likely N-dealkylation sites (tertiary alicyclic amines) is 1. The molecule has 40 heavy (non-hydrogen) atoms. The monoisotopic (exact) mass is 589 g/mol. The standard InChI is InChI=1S/C30H33Cl2F2N5O.H2/c1-20-18-38(12-13-39(20)25-8-10-37(11-9-25)19-21-2-5-24(31)6-3-21)29-26(32)15-23(17-35-29)30(40)36-16-22-4-7-27(33)28(34)14-22;/h2-7,14-15,17,20,25H,8-13,16,18-19H2,1H3,(H,36,40);1H. The number of aromatic nitrogens is 1. The van der Waals surface area contributed by atoms with E-state index in [1.54, 1.807) is 6.07 Å². The molecule has 2 aromatic carbocycles. The smallest absolute Gasteiger partial charge is 0.253 e. The van der Waals surface area contributed by atoms with Gasteiger partial charge in [-0.05, 0) is 74.3 Å². The van der Waals surface area contributed by atoms with Crippen molar-refractivity contribution < 1.29 is 15.0 Å². The van der Waals surface area contributed by atoms with Gasteiger partial charge in [-0.15, -0.1) is 0 Å². The SMILES string of the molecule is CC1CN(c2ncc(C(=O)NCc3ccc(F)c(F)c3)cc2Cl)CCN1C1CCN(Cc2ccc(Cl)cc2)CC1.[HH]. The molecule has 3 heterocycles. The van der Waals surface area contributed by atoms with Crippen molar-refractivity contribution in [3.8, 4) is 0 Å². The average Bonchev–Trinajstić information content (AvgIpc) is 2.95. The first-order chi connectivity index (χ1) is 19.3. The minimum Gasteiger partial charge on any atom is -0.353 e. The lowest BCUT2D eigenvalue weighted by atomic mass is 9.99. The number of nitrogens with zero attached hydrogens (tertiary/aromatic N) is 4. The number of carbonyl (C=O) groups is 1. The van der Waals surface area contributed by atoms with Crippen LogP contribution >= 0.6 is 23.2 Å². The van der Waals surface area contributed by atoms with Gasteiger partial charge >= 0.3 is 0 Å². The Kier molecular flexibility index (Phi) is 9.20. The fourth-order valence-corrected chi connectivity index (χ4v) is 6.10. The number of rotatable bonds is 7. The third-order valence-corrected chi connectivity index (χ3v) is 8.38. The first kappa shape index (κ1) is 28.7. The number of anilines is 1. The molecule has 1 amide bonds. The molecule has 0 bridgehead atoms. The Morgan fingerprint density at radius 3 is 2.40 bits per heavy atom. The summed E-state index contributed by atoms with van der Waals surface area (Å²) in [6.07, 6.45) is 3.80. The van der Waals surface area contributed by atoms with E-state index in [0.717, 1.165) is 69.3 Å². The number of carbonyl (C=O) groups excluding carboxylic acids is 1. The molecule has 1 atom stereocenters. The maximum atomic E-state index is 13.4. The summed E-state index contributed by atoms with van der Waals surface area (Å²) in [4.78, 5) is 24.4. The van der Waals surface area contributed by atoms with Gasteiger partial charge in [0.1, 0.15) is 5.82 Å². The summed E-state index contributed by atoms with van der Waals surface area (Å²) in [6.45, 7) is 7.96. The van der Waals surface area contributed by atoms with E-state index in [9.17, 15) is 13.6 Å². The minimum atomic E-state index is -0.949. The van der Waals surface area contributed by atoms with Crippen LogP contribution in [0.1, 0.15) is 42.7 Å². The molecule has 0 saturated carbocycles. The zero-order valence-electron chi connectivity index (χ0n) is 22.4. The summed E-state index contributed by atoms with van der Waals surface area (Å²) >= 11 is 12.6. The summed E-state index contributed by atoms with van der Waals surface area (Å²) in [6, 6.07) is 14.2. The Labute approximate surface area is 245 Å². The van der Waals surface area contributed by atoms with Crippen molar-refractivity contribution in [1.29, 1.82) is 0 Å². The first-order valence-electron chi connectivity index (χ1n) is 13.6. The Morgan fingerprint density at radius 2 is 1.73 bits per heavy atom. The second kappa shape index (κ2) is 12.8. The van der Waals surface area contributed by atoms with Crippen LogP contribution in [-0.4, -0.2) is 65.5 Å². The third kappa shape index (κ3) is 6.92. The number of hydrogen-bond donors (Lipinski definition) is 1. The van der Waals surface area contributed by atoms with Crippen LogP contribution in [0.3, 0.4) is 0 Å². The molecule has 1 aromatic heterocycles. The molecular formula is C30H35Cl2F2N5O. The highest BCUT2D eigenvalue weighted by atomic mass is 35.5. The van der Waals surface area contributed by atoms with Crippen LogP contribution in [0.15, 0.2) is 54.7 Å². The van der Waals surface area contributed by atoms with Crippen LogP contribution in [0, 0.1) is 11.6 Å². The van der Waals surface area contributed by atoms with Crippen molar-refractivity contribution >= 4 is 34.9 Å². The average molecular weight is 591 g/mol. The van der Waals surface area contributed by atoms with E-state index in [0.29, 0.717) is 34.1 Å². The molecular weight excluding hydrogens is 555 g/mol. The molecule has 2 saturated heterocycles. The molecule has 2 aliphatic rings. The van der Waals surface area contributed by atoms with Gasteiger partial charge in [0.2, 0.25) is 0 Å². The van der Waals surface area contributed by atoms with Crippen molar-refractivity contribution in [3.63, 3.8) is 0 Å². The Bertz CT molecular complexity index is 1340. The van der Waals surface area contributed by atoms with Gasteiger partial charge in [-0.3, -0.25) is 14.6 Å². The molecule has 10 heteroatoms. The highest BCUT2D eigenvalue weighted by Gasteiger charge is 2.32. The van der Waals surface area contributed by atoms with Crippen molar-refractivity contribution in [3.05, 3.63) is 93.1 Å². The molecule has 1 unspecified atom stereocenters. The van der Waals surface area contributed by atoms with Crippen molar-refractivity contribution in [1.82, 2.24) is 20.1 Å². The zero-order valence-corrected chi connectivity index (χ0v) is 23.9. The highest BCUT2D eigenvalue weighted by Crippen LogP contribution is 2.29. The lowest BCUT2D eigenvalue weighted by Gasteiger charge is -2.47. The van der Waals surface area contributed by atoms with E-state index in [1.165, 1.54) is 17.8 Å². The van der Waals surface area contributed by atoms with Crippen molar-refractivity contribution in [2.75, 3.05) is 37.6 Å². The molecule has 3 aromatic rings. The number of hydrogen-bond acceptors (Lipinski definition) is 5. The third-order valence-electron chi connectivity index (χ3n) is 7.85. The Balaban J connectivity index is 0.00000387. The van der Waals surface area contributed by atoms with E-state index in [2.05, 4.69) is 44.1 Å². The van der Waals surface area contributed by atoms with Gasteiger partial charge in [0.15, 0.2) is 11.6 Å². The van der Waals surface area contributed by atoms with Crippen LogP contribution in [-0.2, 0) is 13.1 Å². The molecule has 0 radical (unpaired) electrons. The number of amides is 1. The van der Waals surface area contributed by atoms with Crippen LogP contribution < -0.4 is 10.2 Å². The second-order valence-electron chi connectivity index (χ2n) is 10.6. The lowest BCUT2D eigenvalue weighted by molar-refractivity contribution is 0.0690. The van der Waals surface area contributed by atoms with Gasteiger partial charge in [-0.25, -0.2) is 13.8 Å². The van der Waals surface area contributed by atoms with Crippen LogP contribution in [0.4, 0.5) is 14.6 Å². The molecule has 2 fully saturated rings. The molecule has 214 valence electrons. The number of piperidine rings is 1.